The first-order valence-electron chi connectivity index (χ1n) is 4.81. The summed E-state index contributed by atoms with van der Waals surface area (Å²) in [6, 6.07) is 3.58. The number of hydrogen-bond acceptors (Lipinski definition) is 3. The lowest BCUT2D eigenvalue weighted by atomic mass is 10.4. The summed E-state index contributed by atoms with van der Waals surface area (Å²) >= 11 is 5.66. The number of likely N-dealkylation sites (tertiary alicyclic amines) is 1. The Hall–Kier alpha value is -0.800. The Bertz CT molecular complexity index is 283. The SMILES string of the molecule is Clc1ccc(OCN2CCCC2)cn1. The van der Waals surface area contributed by atoms with Crippen molar-refractivity contribution >= 4 is 11.6 Å². The Morgan fingerprint density at radius 3 is 2.79 bits per heavy atom. The van der Waals surface area contributed by atoms with Crippen molar-refractivity contribution in [1.82, 2.24) is 9.88 Å². The fourth-order valence-electron chi connectivity index (χ4n) is 1.53. The standard InChI is InChI=1S/C10H13ClN2O/c11-10-4-3-9(7-12-10)14-8-13-5-1-2-6-13/h3-4,7H,1-2,5-6,8H2. The van der Waals surface area contributed by atoms with E-state index >= 15 is 0 Å². The molecular formula is C10H13ClN2O. The summed E-state index contributed by atoms with van der Waals surface area (Å²) in [4.78, 5) is 6.23. The second kappa shape index (κ2) is 4.62. The predicted molar refractivity (Wildman–Crippen MR) is 55.5 cm³/mol. The van der Waals surface area contributed by atoms with Gasteiger partial charge in [0.05, 0.1) is 6.20 Å². The molecule has 0 atom stereocenters. The van der Waals surface area contributed by atoms with Crippen molar-refractivity contribution in [2.24, 2.45) is 0 Å². The van der Waals surface area contributed by atoms with E-state index in [0.717, 1.165) is 18.8 Å². The van der Waals surface area contributed by atoms with Crippen LogP contribution in [0.1, 0.15) is 12.8 Å². The van der Waals surface area contributed by atoms with Crippen LogP contribution in [-0.2, 0) is 0 Å². The molecule has 1 aromatic heterocycles. The normalized spacial score (nSPS) is 17.2. The van der Waals surface area contributed by atoms with Gasteiger partial charge >= 0.3 is 0 Å². The van der Waals surface area contributed by atoms with E-state index in [2.05, 4.69) is 9.88 Å². The molecule has 14 heavy (non-hydrogen) atoms. The lowest BCUT2D eigenvalue weighted by molar-refractivity contribution is 0.151. The van der Waals surface area contributed by atoms with Gasteiger partial charge in [-0.15, -0.1) is 0 Å². The van der Waals surface area contributed by atoms with Crippen LogP contribution in [0, 0.1) is 0 Å². The van der Waals surface area contributed by atoms with Crippen molar-refractivity contribution < 1.29 is 4.74 Å². The number of nitrogens with zero attached hydrogens (tertiary/aromatic N) is 2. The third-order valence-corrected chi connectivity index (χ3v) is 2.54. The van der Waals surface area contributed by atoms with Gasteiger partial charge in [0.25, 0.3) is 0 Å². The smallest absolute Gasteiger partial charge is 0.142 e. The molecule has 3 nitrogen and oxygen atoms in total. The van der Waals surface area contributed by atoms with Gasteiger partial charge in [-0.05, 0) is 25.0 Å². The first-order valence-corrected chi connectivity index (χ1v) is 5.19. The summed E-state index contributed by atoms with van der Waals surface area (Å²) in [7, 11) is 0. The van der Waals surface area contributed by atoms with Gasteiger partial charge in [-0.2, -0.15) is 0 Å². The van der Waals surface area contributed by atoms with Gasteiger partial charge in [0.1, 0.15) is 17.6 Å². The molecule has 1 aromatic rings. The summed E-state index contributed by atoms with van der Waals surface area (Å²) in [5, 5.41) is 0.499. The van der Waals surface area contributed by atoms with Crippen molar-refractivity contribution in [3.63, 3.8) is 0 Å². The Kier molecular flexibility index (Phi) is 3.22. The Morgan fingerprint density at radius 2 is 2.14 bits per heavy atom. The van der Waals surface area contributed by atoms with Crippen LogP contribution < -0.4 is 4.74 Å². The molecule has 0 radical (unpaired) electrons. The van der Waals surface area contributed by atoms with Gasteiger partial charge in [0, 0.05) is 13.1 Å². The van der Waals surface area contributed by atoms with Crippen LogP contribution in [0.25, 0.3) is 0 Å². The zero-order valence-corrected chi connectivity index (χ0v) is 8.70. The highest BCUT2D eigenvalue weighted by atomic mass is 35.5. The van der Waals surface area contributed by atoms with E-state index in [9.17, 15) is 0 Å². The van der Waals surface area contributed by atoms with Gasteiger partial charge in [0.2, 0.25) is 0 Å². The summed E-state index contributed by atoms with van der Waals surface area (Å²) in [6.07, 6.45) is 4.21. The van der Waals surface area contributed by atoms with Crippen molar-refractivity contribution in [2.75, 3.05) is 19.8 Å². The van der Waals surface area contributed by atoms with E-state index in [1.165, 1.54) is 12.8 Å². The maximum Gasteiger partial charge on any atom is 0.142 e. The molecule has 0 unspecified atom stereocenters. The average Bonchev–Trinajstić information content (AvgIpc) is 2.70. The minimum absolute atomic E-state index is 0.499. The third-order valence-electron chi connectivity index (χ3n) is 2.31. The molecule has 0 aromatic carbocycles. The van der Waals surface area contributed by atoms with E-state index in [-0.39, 0.29) is 0 Å². The second-order valence-corrected chi connectivity index (χ2v) is 3.80. The van der Waals surface area contributed by atoms with E-state index in [1.807, 2.05) is 6.07 Å². The molecular weight excluding hydrogens is 200 g/mol. The van der Waals surface area contributed by atoms with E-state index < -0.39 is 0 Å². The zero-order chi connectivity index (χ0) is 9.80. The van der Waals surface area contributed by atoms with Gasteiger partial charge < -0.3 is 4.74 Å². The van der Waals surface area contributed by atoms with Crippen LogP contribution >= 0.6 is 11.6 Å². The molecule has 1 saturated heterocycles. The maximum atomic E-state index is 5.66. The molecule has 2 rings (SSSR count). The first kappa shape index (κ1) is 9.74. The second-order valence-electron chi connectivity index (χ2n) is 3.42. The Morgan fingerprint density at radius 1 is 1.36 bits per heavy atom. The van der Waals surface area contributed by atoms with Crippen molar-refractivity contribution in [3.05, 3.63) is 23.5 Å². The molecule has 76 valence electrons. The molecule has 1 fully saturated rings. The molecule has 1 aliphatic rings. The monoisotopic (exact) mass is 212 g/mol. The molecule has 0 spiro atoms. The maximum absolute atomic E-state index is 5.66. The average molecular weight is 213 g/mol. The quantitative estimate of drug-likeness (QED) is 0.719. The summed E-state index contributed by atoms with van der Waals surface area (Å²) in [5.41, 5.74) is 0. The van der Waals surface area contributed by atoms with E-state index in [1.54, 1.807) is 12.3 Å². The van der Waals surface area contributed by atoms with Crippen molar-refractivity contribution in [3.8, 4) is 5.75 Å². The van der Waals surface area contributed by atoms with Crippen LogP contribution in [0.3, 0.4) is 0 Å². The number of aromatic nitrogens is 1. The van der Waals surface area contributed by atoms with Gasteiger partial charge in [-0.1, -0.05) is 11.6 Å². The number of pyridine rings is 1. The number of hydrogen-bond donors (Lipinski definition) is 0. The highest BCUT2D eigenvalue weighted by Gasteiger charge is 2.11. The molecule has 0 bridgehead atoms. The fraction of sp³-hybridized carbons (Fsp3) is 0.500. The molecule has 1 aliphatic heterocycles. The lowest BCUT2D eigenvalue weighted by Crippen LogP contribution is -2.24. The third kappa shape index (κ3) is 2.59. The fourth-order valence-corrected chi connectivity index (χ4v) is 1.64. The number of halogens is 1. The Balaban J connectivity index is 1.82. The van der Waals surface area contributed by atoms with Crippen molar-refractivity contribution in [2.45, 2.75) is 12.8 Å². The minimum Gasteiger partial charge on any atom is -0.477 e. The van der Waals surface area contributed by atoms with E-state index in [0.29, 0.717) is 11.9 Å². The van der Waals surface area contributed by atoms with Crippen molar-refractivity contribution in [1.29, 1.82) is 0 Å². The Labute approximate surface area is 88.6 Å². The molecule has 0 N–H and O–H groups in total. The number of rotatable bonds is 3. The first-order chi connectivity index (χ1) is 6.84. The lowest BCUT2D eigenvalue weighted by Gasteiger charge is -2.15. The molecule has 4 heteroatoms. The molecule has 2 heterocycles. The van der Waals surface area contributed by atoms with Crippen LogP contribution in [0.4, 0.5) is 0 Å². The van der Waals surface area contributed by atoms with Gasteiger partial charge in [-0.25, -0.2) is 4.98 Å². The minimum atomic E-state index is 0.499. The van der Waals surface area contributed by atoms with Gasteiger partial charge in [-0.3, -0.25) is 4.90 Å². The highest BCUT2D eigenvalue weighted by Crippen LogP contribution is 2.13. The van der Waals surface area contributed by atoms with Crippen LogP contribution in [0.2, 0.25) is 5.15 Å². The number of ether oxygens (including phenoxy) is 1. The van der Waals surface area contributed by atoms with Gasteiger partial charge in [0.15, 0.2) is 0 Å². The molecule has 0 saturated carbocycles. The zero-order valence-electron chi connectivity index (χ0n) is 7.95. The van der Waals surface area contributed by atoms with E-state index in [4.69, 9.17) is 16.3 Å². The summed E-state index contributed by atoms with van der Waals surface area (Å²) in [6.45, 7) is 2.94. The molecule has 0 amide bonds. The summed E-state index contributed by atoms with van der Waals surface area (Å²) < 4.78 is 5.55. The largest absolute Gasteiger partial charge is 0.477 e. The topological polar surface area (TPSA) is 25.4 Å². The van der Waals surface area contributed by atoms with Crippen LogP contribution in [0.5, 0.6) is 5.75 Å². The molecule has 0 aliphatic carbocycles. The van der Waals surface area contributed by atoms with Crippen LogP contribution in [-0.4, -0.2) is 29.7 Å². The highest BCUT2D eigenvalue weighted by molar-refractivity contribution is 6.29. The summed E-state index contributed by atoms with van der Waals surface area (Å²) in [5.74, 6) is 0.779. The van der Waals surface area contributed by atoms with Crippen LogP contribution in [0.15, 0.2) is 18.3 Å². The predicted octanol–water partition coefficient (Wildman–Crippen LogP) is 2.17.